The van der Waals surface area contributed by atoms with Crippen LogP contribution in [0.1, 0.15) is 46.0 Å². The SMILES string of the molecule is CCCC(=O)OCC1CCC(C)C1. The molecular weight excluding hydrogens is 164 g/mol. The van der Waals surface area contributed by atoms with Crippen molar-refractivity contribution in [2.24, 2.45) is 11.8 Å². The summed E-state index contributed by atoms with van der Waals surface area (Å²) < 4.78 is 5.18. The second-order valence-electron chi connectivity index (χ2n) is 4.22. The zero-order valence-corrected chi connectivity index (χ0v) is 8.71. The molecule has 0 saturated heterocycles. The van der Waals surface area contributed by atoms with Crippen LogP contribution in [0, 0.1) is 11.8 Å². The Bertz CT molecular complexity index is 165. The molecule has 1 aliphatic rings. The lowest BCUT2D eigenvalue weighted by Gasteiger charge is -2.09. The summed E-state index contributed by atoms with van der Waals surface area (Å²) in [6, 6.07) is 0. The first-order valence-corrected chi connectivity index (χ1v) is 5.38. The van der Waals surface area contributed by atoms with E-state index in [1.807, 2.05) is 6.92 Å². The van der Waals surface area contributed by atoms with Crippen molar-refractivity contribution in [2.75, 3.05) is 6.61 Å². The quantitative estimate of drug-likeness (QED) is 0.628. The molecule has 1 aliphatic carbocycles. The summed E-state index contributed by atoms with van der Waals surface area (Å²) >= 11 is 0. The van der Waals surface area contributed by atoms with Crippen molar-refractivity contribution < 1.29 is 9.53 Å². The Labute approximate surface area is 80.7 Å². The Hall–Kier alpha value is -0.530. The van der Waals surface area contributed by atoms with Gasteiger partial charge in [-0.2, -0.15) is 0 Å². The largest absolute Gasteiger partial charge is 0.465 e. The van der Waals surface area contributed by atoms with E-state index >= 15 is 0 Å². The predicted octanol–water partition coefficient (Wildman–Crippen LogP) is 2.77. The maximum Gasteiger partial charge on any atom is 0.305 e. The van der Waals surface area contributed by atoms with Gasteiger partial charge in [0.1, 0.15) is 0 Å². The topological polar surface area (TPSA) is 26.3 Å². The Morgan fingerprint density at radius 3 is 2.77 bits per heavy atom. The van der Waals surface area contributed by atoms with Crippen LogP contribution in [0.2, 0.25) is 0 Å². The van der Waals surface area contributed by atoms with Gasteiger partial charge in [-0.05, 0) is 31.1 Å². The van der Waals surface area contributed by atoms with E-state index in [0.717, 1.165) is 12.3 Å². The van der Waals surface area contributed by atoms with Gasteiger partial charge in [-0.25, -0.2) is 0 Å². The molecule has 1 rings (SSSR count). The Morgan fingerprint density at radius 1 is 1.46 bits per heavy atom. The van der Waals surface area contributed by atoms with Crippen LogP contribution in [-0.4, -0.2) is 12.6 Å². The molecule has 2 heteroatoms. The van der Waals surface area contributed by atoms with Gasteiger partial charge in [0.25, 0.3) is 0 Å². The molecular formula is C11H20O2. The van der Waals surface area contributed by atoms with Gasteiger partial charge in [0.05, 0.1) is 6.61 Å². The van der Waals surface area contributed by atoms with Gasteiger partial charge in [0, 0.05) is 6.42 Å². The first-order valence-electron chi connectivity index (χ1n) is 5.38. The molecule has 2 atom stereocenters. The van der Waals surface area contributed by atoms with E-state index in [0.29, 0.717) is 18.9 Å². The zero-order valence-electron chi connectivity index (χ0n) is 8.71. The summed E-state index contributed by atoms with van der Waals surface area (Å²) in [6.45, 7) is 4.93. The lowest BCUT2D eigenvalue weighted by molar-refractivity contribution is -0.145. The first kappa shape index (κ1) is 10.6. The van der Waals surface area contributed by atoms with E-state index in [-0.39, 0.29) is 5.97 Å². The maximum absolute atomic E-state index is 11.1. The van der Waals surface area contributed by atoms with E-state index in [2.05, 4.69) is 6.92 Å². The normalized spacial score (nSPS) is 27.5. The second kappa shape index (κ2) is 5.25. The van der Waals surface area contributed by atoms with Crippen molar-refractivity contribution in [3.63, 3.8) is 0 Å². The minimum Gasteiger partial charge on any atom is -0.465 e. The van der Waals surface area contributed by atoms with Crippen molar-refractivity contribution in [3.8, 4) is 0 Å². The summed E-state index contributed by atoms with van der Waals surface area (Å²) in [4.78, 5) is 11.1. The Balaban J connectivity index is 2.09. The van der Waals surface area contributed by atoms with Crippen LogP contribution in [-0.2, 0) is 9.53 Å². The van der Waals surface area contributed by atoms with Gasteiger partial charge in [0.2, 0.25) is 0 Å². The van der Waals surface area contributed by atoms with Gasteiger partial charge >= 0.3 is 5.97 Å². The van der Waals surface area contributed by atoms with Crippen LogP contribution in [0.4, 0.5) is 0 Å². The zero-order chi connectivity index (χ0) is 9.68. The molecule has 1 fully saturated rings. The molecule has 0 radical (unpaired) electrons. The Kier molecular flexibility index (Phi) is 4.26. The number of ether oxygens (including phenoxy) is 1. The maximum atomic E-state index is 11.1. The van der Waals surface area contributed by atoms with Crippen LogP contribution in [0.15, 0.2) is 0 Å². The molecule has 13 heavy (non-hydrogen) atoms. The summed E-state index contributed by atoms with van der Waals surface area (Å²) in [5, 5.41) is 0. The third-order valence-corrected chi connectivity index (χ3v) is 2.74. The molecule has 1 saturated carbocycles. The van der Waals surface area contributed by atoms with Gasteiger partial charge in [-0.1, -0.05) is 20.3 Å². The second-order valence-corrected chi connectivity index (χ2v) is 4.22. The summed E-state index contributed by atoms with van der Waals surface area (Å²) in [6.07, 6.45) is 5.23. The highest BCUT2D eigenvalue weighted by atomic mass is 16.5. The molecule has 0 heterocycles. The van der Waals surface area contributed by atoms with Crippen LogP contribution in [0.3, 0.4) is 0 Å². The van der Waals surface area contributed by atoms with Gasteiger partial charge in [0.15, 0.2) is 0 Å². The Morgan fingerprint density at radius 2 is 2.23 bits per heavy atom. The van der Waals surface area contributed by atoms with Gasteiger partial charge in [-0.15, -0.1) is 0 Å². The van der Waals surface area contributed by atoms with E-state index < -0.39 is 0 Å². The van der Waals surface area contributed by atoms with Crippen LogP contribution < -0.4 is 0 Å². The average Bonchev–Trinajstić information content (AvgIpc) is 2.49. The van der Waals surface area contributed by atoms with E-state index in [9.17, 15) is 4.79 Å². The highest BCUT2D eigenvalue weighted by Crippen LogP contribution is 2.30. The van der Waals surface area contributed by atoms with Crippen molar-refractivity contribution in [1.82, 2.24) is 0 Å². The molecule has 0 N–H and O–H groups in total. The average molecular weight is 184 g/mol. The predicted molar refractivity (Wildman–Crippen MR) is 52.4 cm³/mol. The van der Waals surface area contributed by atoms with Crippen molar-refractivity contribution in [3.05, 3.63) is 0 Å². The number of hydrogen-bond acceptors (Lipinski definition) is 2. The summed E-state index contributed by atoms with van der Waals surface area (Å²) in [5.74, 6) is 1.44. The third-order valence-electron chi connectivity index (χ3n) is 2.74. The van der Waals surface area contributed by atoms with Gasteiger partial charge < -0.3 is 4.74 Å². The highest BCUT2D eigenvalue weighted by molar-refractivity contribution is 5.69. The number of carbonyl (C=O) groups is 1. The standard InChI is InChI=1S/C11H20O2/c1-3-4-11(12)13-8-10-6-5-9(2)7-10/h9-10H,3-8H2,1-2H3. The van der Waals surface area contributed by atoms with E-state index in [4.69, 9.17) is 4.74 Å². The number of carbonyl (C=O) groups excluding carboxylic acids is 1. The molecule has 0 aliphatic heterocycles. The van der Waals surface area contributed by atoms with Crippen molar-refractivity contribution in [2.45, 2.75) is 46.0 Å². The fourth-order valence-electron chi connectivity index (χ4n) is 1.96. The number of esters is 1. The molecule has 0 amide bonds. The molecule has 0 bridgehead atoms. The monoisotopic (exact) mass is 184 g/mol. The van der Waals surface area contributed by atoms with Crippen molar-refractivity contribution in [1.29, 1.82) is 0 Å². The fraction of sp³-hybridized carbons (Fsp3) is 0.909. The molecule has 2 unspecified atom stereocenters. The molecule has 2 nitrogen and oxygen atoms in total. The lowest BCUT2D eigenvalue weighted by atomic mass is 10.1. The van der Waals surface area contributed by atoms with Crippen LogP contribution in [0.25, 0.3) is 0 Å². The molecule has 76 valence electrons. The minimum atomic E-state index is -0.0259. The lowest BCUT2D eigenvalue weighted by Crippen LogP contribution is -2.11. The third kappa shape index (κ3) is 3.79. The van der Waals surface area contributed by atoms with Crippen LogP contribution >= 0.6 is 0 Å². The fourth-order valence-corrected chi connectivity index (χ4v) is 1.96. The molecule has 0 aromatic rings. The first-order chi connectivity index (χ1) is 6.22. The van der Waals surface area contributed by atoms with E-state index in [1.54, 1.807) is 0 Å². The molecule has 0 aromatic carbocycles. The minimum absolute atomic E-state index is 0.0259. The smallest absolute Gasteiger partial charge is 0.305 e. The summed E-state index contributed by atoms with van der Waals surface area (Å²) in [7, 11) is 0. The summed E-state index contributed by atoms with van der Waals surface area (Å²) in [5.41, 5.74) is 0. The van der Waals surface area contributed by atoms with E-state index in [1.165, 1.54) is 19.3 Å². The molecule has 0 aromatic heterocycles. The molecule has 0 spiro atoms. The van der Waals surface area contributed by atoms with Gasteiger partial charge in [-0.3, -0.25) is 4.79 Å². The van der Waals surface area contributed by atoms with Crippen molar-refractivity contribution >= 4 is 5.97 Å². The number of hydrogen-bond donors (Lipinski definition) is 0. The number of rotatable bonds is 4. The highest BCUT2D eigenvalue weighted by Gasteiger charge is 2.22. The van der Waals surface area contributed by atoms with Crippen LogP contribution in [0.5, 0.6) is 0 Å².